The molecule has 0 fully saturated rings. The zero-order valence-corrected chi connectivity index (χ0v) is 22.2. The fraction of sp³-hybridized carbons (Fsp3) is 0.0968. The molecule has 0 aliphatic rings. The van der Waals surface area contributed by atoms with E-state index in [-0.39, 0.29) is 6.61 Å². The highest BCUT2D eigenvalue weighted by Crippen LogP contribution is 2.43. The van der Waals surface area contributed by atoms with E-state index in [0.717, 1.165) is 54.3 Å². The van der Waals surface area contributed by atoms with Crippen molar-refractivity contribution in [1.82, 2.24) is 15.2 Å². The summed E-state index contributed by atoms with van der Waals surface area (Å²) in [6.07, 6.45) is 0. The van der Waals surface area contributed by atoms with Crippen LogP contribution in [0, 0.1) is 0 Å². The largest absolute Gasteiger partial charge is 0.497 e. The molecule has 7 nitrogen and oxygen atoms in total. The number of esters is 1. The van der Waals surface area contributed by atoms with Crippen LogP contribution in [0.25, 0.3) is 42.8 Å². The minimum absolute atomic E-state index is 0.259. The number of thiophene rings is 1. The predicted molar refractivity (Wildman–Crippen MR) is 156 cm³/mol. The lowest BCUT2D eigenvalue weighted by Crippen LogP contribution is -2.09. The van der Waals surface area contributed by atoms with Crippen LogP contribution in [-0.2, 0) is 4.74 Å². The minimum Gasteiger partial charge on any atom is -0.497 e. The normalized spacial score (nSPS) is 11.0. The van der Waals surface area contributed by atoms with Gasteiger partial charge >= 0.3 is 5.97 Å². The summed E-state index contributed by atoms with van der Waals surface area (Å²) in [5.41, 5.74) is 5.55. The molecule has 0 amide bonds. The lowest BCUT2D eigenvalue weighted by molar-refractivity contribution is 0.0527. The van der Waals surface area contributed by atoms with Crippen LogP contribution < -0.4 is 10.1 Å². The first-order valence-corrected chi connectivity index (χ1v) is 13.3. The van der Waals surface area contributed by atoms with E-state index in [9.17, 15) is 4.79 Å². The quantitative estimate of drug-likeness (QED) is 0.213. The Labute approximate surface area is 229 Å². The number of benzene rings is 3. The number of hydrogen-bond donors (Lipinski definition) is 1. The van der Waals surface area contributed by atoms with Crippen LogP contribution in [0.4, 0.5) is 11.5 Å². The van der Waals surface area contributed by atoms with Crippen LogP contribution in [0.15, 0.2) is 91.0 Å². The molecule has 192 valence electrons. The second-order valence-electron chi connectivity index (χ2n) is 8.74. The molecule has 1 N–H and O–H groups in total. The molecule has 3 aromatic carbocycles. The van der Waals surface area contributed by atoms with Crippen LogP contribution in [0.2, 0.25) is 0 Å². The van der Waals surface area contributed by atoms with Crippen molar-refractivity contribution in [3.8, 4) is 28.1 Å². The lowest BCUT2D eigenvalue weighted by Gasteiger charge is -2.13. The molecule has 39 heavy (non-hydrogen) atoms. The van der Waals surface area contributed by atoms with Gasteiger partial charge in [0.15, 0.2) is 0 Å². The van der Waals surface area contributed by atoms with Crippen LogP contribution in [-0.4, -0.2) is 34.9 Å². The molecule has 0 aliphatic heterocycles. The Hall–Kier alpha value is -4.82. The number of anilines is 2. The van der Waals surface area contributed by atoms with E-state index in [0.29, 0.717) is 11.4 Å². The molecule has 0 unspecified atom stereocenters. The number of ether oxygens (including phenoxy) is 2. The SMILES string of the molecule is CCOC(=O)c1cc2sc3nnc(-c4ccccc4)c(-c4ccccc4)c3c2nc1Nc1ccc(OC)cc1. The minimum atomic E-state index is -0.445. The zero-order chi connectivity index (χ0) is 26.8. The molecule has 3 aromatic heterocycles. The molecule has 0 spiro atoms. The van der Waals surface area contributed by atoms with E-state index in [1.165, 1.54) is 11.3 Å². The maximum absolute atomic E-state index is 13.0. The topological polar surface area (TPSA) is 86.2 Å². The monoisotopic (exact) mass is 532 g/mol. The van der Waals surface area contributed by atoms with Crippen LogP contribution >= 0.6 is 11.3 Å². The van der Waals surface area contributed by atoms with Gasteiger partial charge in [0.1, 0.15) is 27.7 Å². The third kappa shape index (κ3) is 4.66. The average Bonchev–Trinajstić information content (AvgIpc) is 3.35. The summed E-state index contributed by atoms with van der Waals surface area (Å²) in [5.74, 6) is 0.695. The number of methoxy groups -OCH3 is 1. The van der Waals surface area contributed by atoms with Gasteiger partial charge in [0.05, 0.1) is 23.9 Å². The Kier molecular flexibility index (Phi) is 6.61. The van der Waals surface area contributed by atoms with Gasteiger partial charge in [-0.25, -0.2) is 9.78 Å². The van der Waals surface area contributed by atoms with Crippen molar-refractivity contribution in [3.63, 3.8) is 0 Å². The van der Waals surface area contributed by atoms with Gasteiger partial charge < -0.3 is 14.8 Å². The molecule has 0 radical (unpaired) electrons. The first-order chi connectivity index (χ1) is 19.2. The lowest BCUT2D eigenvalue weighted by atomic mass is 9.97. The second kappa shape index (κ2) is 10.5. The summed E-state index contributed by atoms with van der Waals surface area (Å²) in [4.78, 5) is 18.8. The summed E-state index contributed by atoms with van der Waals surface area (Å²) < 4.78 is 11.5. The van der Waals surface area contributed by atoms with E-state index >= 15 is 0 Å². The van der Waals surface area contributed by atoms with Crippen molar-refractivity contribution < 1.29 is 14.3 Å². The zero-order valence-electron chi connectivity index (χ0n) is 21.3. The van der Waals surface area contributed by atoms with Crippen LogP contribution in [0.1, 0.15) is 17.3 Å². The standard InChI is InChI=1S/C31H24N4O3S/c1-3-38-31(36)23-18-24-28(33-29(23)32-21-14-16-22(37-2)17-15-21)26-25(19-10-6-4-7-11-19)27(34-35-30(26)39-24)20-12-8-5-9-13-20/h4-18H,3H2,1-2H3,(H,32,33). The maximum atomic E-state index is 13.0. The van der Waals surface area contributed by atoms with Gasteiger partial charge in [0.2, 0.25) is 0 Å². The molecule has 0 bridgehead atoms. The molecule has 0 saturated carbocycles. The van der Waals surface area contributed by atoms with Crippen molar-refractivity contribution in [1.29, 1.82) is 0 Å². The van der Waals surface area contributed by atoms with E-state index in [4.69, 9.17) is 14.5 Å². The number of carbonyl (C=O) groups is 1. The Bertz CT molecular complexity index is 1790. The summed E-state index contributed by atoms with van der Waals surface area (Å²) >= 11 is 1.46. The summed E-state index contributed by atoms with van der Waals surface area (Å²) in [6.45, 7) is 2.04. The van der Waals surface area contributed by atoms with E-state index < -0.39 is 5.97 Å². The molecule has 6 rings (SSSR count). The number of rotatable bonds is 7. The van der Waals surface area contributed by atoms with Crippen molar-refractivity contribution in [2.45, 2.75) is 6.92 Å². The smallest absolute Gasteiger partial charge is 0.341 e. The average molecular weight is 533 g/mol. The maximum Gasteiger partial charge on any atom is 0.341 e. The fourth-order valence-corrected chi connectivity index (χ4v) is 5.53. The molecule has 6 aromatic rings. The van der Waals surface area contributed by atoms with E-state index in [2.05, 4.69) is 27.6 Å². The fourth-order valence-electron chi connectivity index (χ4n) is 4.52. The predicted octanol–water partition coefficient (Wildman–Crippen LogP) is 7.50. The molecule has 8 heteroatoms. The van der Waals surface area contributed by atoms with Gasteiger partial charge in [0.25, 0.3) is 0 Å². The number of carbonyl (C=O) groups excluding carboxylic acids is 1. The number of nitrogens with zero attached hydrogens (tertiary/aromatic N) is 3. The summed E-state index contributed by atoms with van der Waals surface area (Å²) in [5, 5.41) is 13.5. The molecule has 3 heterocycles. The van der Waals surface area contributed by atoms with Gasteiger partial charge in [-0.15, -0.1) is 21.5 Å². The molecule has 0 saturated heterocycles. The second-order valence-corrected chi connectivity index (χ2v) is 9.77. The van der Waals surface area contributed by atoms with Crippen LogP contribution in [0.5, 0.6) is 5.75 Å². The molecule has 0 aliphatic carbocycles. The first-order valence-electron chi connectivity index (χ1n) is 12.5. The van der Waals surface area contributed by atoms with Crippen molar-refractivity contribution in [2.24, 2.45) is 0 Å². The summed E-state index contributed by atoms with van der Waals surface area (Å²) in [7, 11) is 1.62. The number of fused-ring (bicyclic) bond motifs is 3. The van der Waals surface area contributed by atoms with Crippen molar-refractivity contribution in [3.05, 3.63) is 96.6 Å². The van der Waals surface area contributed by atoms with Gasteiger partial charge in [-0.1, -0.05) is 60.7 Å². The van der Waals surface area contributed by atoms with Gasteiger partial charge in [0, 0.05) is 22.2 Å². The third-order valence-electron chi connectivity index (χ3n) is 6.33. The molecular weight excluding hydrogens is 508 g/mol. The highest BCUT2D eigenvalue weighted by molar-refractivity contribution is 7.25. The Balaban J connectivity index is 1.63. The van der Waals surface area contributed by atoms with Crippen LogP contribution in [0.3, 0.4) is 0 Å². The number of hydrogen-bond acceptors (Lipinski definition) is 8. The summed E-state index contributed by atoms with van der Waals surface area (Å²) in [6, 6.07) is 29.4. The molecule has 0 atom stereocenters. The highest BCUT2D eigenvalue weighted by Gasteiger charge is 2.23. The first kappa shape index (κ1) is 24.5. The highest BCUT2D eigenvalue weighted by atomic mass is 32.1. The number of aromatic nitrogens is 3. The van der Waals surface area contributed by atoms with Gasteiger partial charge in [-0.2, -0.15) is 0 Å². The molecular formula is C31H24N4O3S. The van der Waals surface area contributed by atoms with Crippen molar-refractivity contribution in [2.75, 3.05) is 19.0 Å². The number of pyridine rings is 1. The van der Waals surface area contributed by atoms with Crippen molar-refractivity contribution >= 4 is 49.2 Å². The van der Waals surface area contributed by atoms with E-state index in [1.807, 2.05) is 78.9 Å². The van der Waals surface area contributed by atoms with Gasteiger partial charge in [-0.05, 0) is 42.8 Å². The third-order valence-corrected chi connectivity index (χ3v) is 7.34. The Morgan fingerprint density at radius 3 is 2.26 bits per heavy atom. The Morgan fingerprint density at radius 1 is 0.897 bits per heavy atom. The Morgan fingerprint density at radius 2 is 1.59 bits per heavy atom. The van der Waals surface area contributed by atoms with E-state index in [1.54, 1.807) is 14.0 Å². The van der Waals surface area contributed by atoms with Gasteiger partial charge in [-0.3, -0.25) is 0 Å². The number of nitrogens with one attached hydrogen (secondary N) is 1.